The average molecular weight is 314 g/mol. The lowest BCUT2D eigenvalue weighted by molar-refractivity contribution is -0.387. The average Bonchev–Trinajstić information content (AvgIpc) is 2.47. The summed E-state index contributed by atoms with van der Waals surface area (Å²) < 4.78 is 26.1. The lowest BCUT2D eigenvalue weighted by Crippen LogP contribution is -2.35. The van der Waals surface area contributed by atoms with E-state index in [0.29, 0.717) is 25.9 Å². The van der Waals surface area contributed by atoms with Gasteiger partial charge in [-0.05, 0) is 25.0 Å². The van der Waals surface area contributed by atoms with Gasteiger partial charge < -0.3 is 5.11 Å². The molecule has 21 heavy (non-hydrogen) atoms. The molecule has 0 aliphatic carbocycles. The molecule has 1 N–H and O–H groups in total. The molecule has 0 saturated carbocycles. The van der Waals surface area contributed by atoms with E-state index in [2.05, 4.69) is 0 Å². The number of carbonyl (C=O) groups is 1. The first kappa shape index (κ1) is 15.4. The minimum atomic E-state index is -3.98. The van der Waals surface area contributed by atoms with Crippen molar-refractivity contribution in [3.63, 3.8) is 0 Å². The van der Waals surface area contributed by atoms with E-state index in [1.165, 1.54) is 4.31 Å². The zero-order valence-electron chi connectivity index (χ0n) is 11.1. The Labute approximate surface area is 121 Å². The lowest BCUT2D eigenvalue weighted by atomic mass is 10.2. The topological polar surface area (TPSA) is 118 Å². The van der Waals surface area contributed by atoms with Crippen LogP contribution in [-0.4, -0.2) is 41.8 Å². The van der Waals surface area contributed by atoms with Gasteiger partial charge in [-0.2, -0.15) is 4.31 Å². The van der Waals surface area contributed by atoms with Crippen LogP contribution in [0, 0.1) is 10.1 Å². The van der Waals surface area contributed by atoms with Crippen molar-refractivity contribution >= 4 is 21.7 Å². The van der Waals surface area contributed by atoms with Crippen LogP contribution in [0.3, 0.4) is 0 Å². The van der Waals surface area contributed by atoms with Gasteiger partial charge in [0.15, 0.2) is 4.90 Å². The van der Waals surface area contributed by atoms with Crippen LogP contribution >= 0.6 is 0 Å². The summed E-state index contributed by atoms with van der Waals surface area (Å²) in [6, 6.07) is 2.83. The van der Waals surface area contributed by atoms with Crippen molar-refractivity contribution < 1.29 is 23.2 Å². The molecule has 1 heterocycles. The molecule has 1 saturated heterocycles. The number of nitro benzene ring substituents is 1. The van der Waals surface area contributed by atoms with E-state index < -0.39 is 31.5 Å². The highest BCUT2D eigenvalue weighted by atomic mass is 32.2. The zero-order chi connectivity index (χ0) is 15.6. The predicted octanol–water partition coefficient (Wildman–Crippen LogP) is 1.47. The van der Waals surface area contributed by atoms with Crippen molar-refractivity contribution in [2.45, 2.75) is 24.2 Å². The molecule has 1 aromatic carbocycles. The quantitative estimate of drug-likeness (QED) is 0.664. The third-order valence-electron chi connectivity index (χ3n) is 3.34. The van der Waals surface area contributed by atoms with Crippen LogP contribution < -0.4 is 0 Å². The maximum absolute atomic E-state index is 12.5. The zero-order valence-corrected chi connectivity index (χ0v) is 11.9. The summed E-state index contributed by atoms with van der Waals surface area (Å²) >= 11 is 0. The second-order valence-corrected chi connectivity index (χ2v) is 6.62. The van der Waals surface area contributed by atoms with Crippen molar-refractivity contribution in [1.82, 2.24) is 4.31 Å². The molecule has 1 aromatic rings. The molecule has 0 atom stereocenters. The molecule has 2 rings (SSSR count). The summed E-state index contributed by atoms with van der Waals surface area (Å²) in [4.78, 5) is 20.6. The molecule has 9 heteroatoms. The van der Waals surface area contributed by atoms with Gasteiger partial charge in [0.25, 0.3) is 5.69 Å². The van der Waals surface area contributed by atoms with E-state index in [4.69, 9.17) is 5.11 Å². The first-order valence-corrected chi connectivity index (χ1v) is 7.80. The first-order valence-electron chi connectivity index (χ1n) is 6.36. The van der Waals surface area contributed by atoms with E-state index in [1.807, 2.05) is 0 Å². The van der Waals surface area contributed by atoms with Gasteiger partial charge in [-0.1, -0.05) is 6.42 Å². The monoisotopic (exact) mass is 314 g/mol. The minimum Gasteiger partial charge on any atom is -0.478 e. The first-order chi connectivity index (χ1) is 9.84. The summed E-state index contributed by atoms with van der Waals surface area (Å²) in [5.41, 5.74) is -1.03. The van der Waals surface area contributed by atoms with Crippen LogP contribution in [0.25, 0.3) is 0 Å². The van der Waals surface area contributed by atoms with Gasteiger partial charge in [0.2, 0.25) is 10.0 Å². The number of nitro groups is 1. The summed E-state index contributed by atoms with van der Waals surface area (Å²) in [6.45, 7) is 0.639. The van der Waals surface area contributed by atoms with E-state index in [9.17, 15) is 23.3 Å². The molecule has 1 aliphatic rings. The number of nitrogens with zero attached hydrogens (tertiary/aromatic N) is 2. The van der Waals surface area contributed by atoms with Crippen molar-refractivity contribution in [3.8, 4) is 0 Å². The summed E-state index contributed by atoms with van der Waals surface area (Å²) in [7, 11) is -3.98. The molecule has 0 unspecified atom stereocenters. The Morgan fingerprint density at radius 1 is 1.24 bits per heavy atom. The van der Waals surface area contributed by atoms with E-state index in [-0.39, 0.29) is 5.56 Å². The van der Waals surface area contributed by atoms with Crippen LogP contribution in [0.15, 0.2) is 23.1 Å². The van der Waals surface area contributed by atoms with Crippen LogP contribution in [0.5, 0.6) is 0 Å². The number of hydrogen-bond acceptors (Lipinski definition) is 5. The molecule has 1 aliphatic heterocycles. The Morgan fingerprint density at radius 3 is 2.38 bits per heavy atom. The molecule has 0 amide bonds. The van der Waals surface area contributed by atoms with Gasteiger partial charge in [0.05, 0.1) is 10.5 Å². The SMILES string of the molecule is O=C(O)c1ccc(S(=O)(=O)N2CCCCC2)c([N+](=O)[O-])c1. The number of carboxylic acid groups (broad SMARTS) is 1. The number of aromatic carboxylic acids is 1. The molecule has 114 valence electrons. The number of carboxylic acids is 1. The van der Waals surface area contributed by atoms with E-state index in [0.717, 1.165) is 24.6 Å². The van der Waals surface area contributed by atoms with E-state index >= 15 is 0 Å². The summed E-state index contributed by atoms with van der Waals surface area (Å²) in [5, 5.41) is 19.9. The van der Waals surface area contributed by atoms with Crippen LogP contribution in [-0.2, 0) is 10.0 Å². The predicted molar refractivity (Wildman–Crippen MR) is 72.7 cm³/mol. The number of hydrogen-bond donors (Lipinski definition) is 1. The molecule has 0 spiro atoms. The van der Waals surface area contributed by atoms with Crippen LogP contribution in [0.1, 0.15) is 29.6 Å². The molecule has 8 nitrogen and oxygen atoms in total. The molecular weight excluding hydrogens is 300 g/mol. The van der Waals surface area contributed by atoms with Gasteiger partial charge in [-0.3, -0.25) is 10.1 Å². The lowest BCUT2D eigenvalue weighted by Gasteiger charge is -2.25. The third kappa shape index (κ3) is 3.03. The fraction of sp³-hybridized carbons (Fsp3) is 0.417. The number of piperidine rings is 1. The van der Waals surface area contributed by atoms with Crippen molar-refractivity contribution in [3.05, 3.63) is 33.9 Å². The van der Waals surface area contributed by atoms with Crippen molar-refractivity contribution in [2.75, 3.05) is 13.1 Å². The maximum atomic E-state index is 12.5. The van der Waals surface area contributed by atoms with Crippen LogP contribution in [0.2, 0.25) is 0 Å². The van der Waals surface area contributed by atoms with Crippen molar-refractivity contribution in [2.24, 2.45) is 0 Å². The Bertz CT molecular complexity index is 679. The normalized spacial score (nSPS) is 16.6. The number of rotatable bonds is 4. The molecule has 0 bridgehead atoms. The maximum Gasteiger partial charge on any atom is 0.335 e. The van der Waals surface area contributed by atoms with Crippen LogP contribution in [0.4, 0.5) is 5.69 Å². The smallest absolute Gasteiger partial charge is 0.335 e. The van der Waals surface area contributed by atoms with Gasteiger partial charge in [0.1, 0.15) is 0 Å². The summed E-state index contributed by atoms with van der Waals surface area (Å²) in [5.74, 6) is -1.35. The van der Waals surface area contributed by atoms with Crippen molar-refractivity contribution in [1.29, 1.82) is 0 Å². The standard InChI is InChI=1S/C12H14N2O6S/c15-12(16)9-4-5-11(10(8-9)14(17)18)21(19,20)13-6-2-1-3-7-13/h4-5,8H,1-3,6-7H2,(H,15,16). The Balaban J connectivity index is 2.51. The van der Waals surface area contributed by atoms with E-state index in [1.54, 1.807) is 0 Å². The highest BCUT2D eigenvalue weighted by molar-refractivity contribution is 7.89. The molecule has 0 aromatic heterocycles. The van der Waals surface area contributed by atoms with Gasteiger partial charge >= 0.3 is 5.97 Å². The number of sulfonamides is 1. The fourth-order valence-corrected chi connectivity index (χ4v) is 3.91. The Hall–Kier alpha value is -2.00. The summed E-state index contributed by atoms with van der Waals surface area (Å²) in [6.07, 6.45) is 2.34. The molecule has 0 radical (unpaired) electrons. The third-order valence-corrected chi connectivity index (χ3v) is 5.28. The van der Waals surface area contributed by atoms with Gasteiger partial charge in [-0.25, -0.2) is 13.2 Å². The second-order valence-electron chi connectivity index (χ2n) is 4.71. The minimum absolute atomic E-state index is 0.320. The Kier molecular flexibility index (Phi) is 4.24. The van der Waals surface area contributed by atoms with Gasteiger partial charge in [0, 0.05) is 19.2 Å². The molecule has 1 fully saturated rings. The largest absolute Gasteiger partial charge is 0.478 e. The fourth-order valence-electron chi connectivity index (χ4n) is 2.26. The highest BCUT2D eigenvalue weighted by Crippen LogP contribution is 2.29. The number of benzene rings is 1. The second kappa shape index (κ2) is 5.78. The highest BCUT2D eigenvalue weighted by Gasteiger charge is 2.33. The van der Waals surface area contributed by atoms with Gasteiger partial charge in [-0.15, -0.1) is 0 Å². The Morgan fingerprint density at radius 2 is 1.86 bits per heavy atom. The molecular formula is C12H14N2O6S.